The number of carbonyl (C=O) groups excluding carboxylic acids is 3. The minimum absolute atomic E-state index is 0.0782. The van der Waals surface area contributed by atoms with Crippen molar-refractivity contribution in [3.8, 4) is 11.4 Å². The van der Waals surface area contributed by atoms with Crippen molar-refractivity contribution in [1.29, 1.82) is 0 Å². The second-order valence-corrected chi connectivity index (χ2v) is 7.42. The number of ketones is 1. The summed E-state index contributed by atoms with van der Waals surface area (Å²) >= 11 is 0. The van der Waals surface area contributed by atoms with Crippen molar-refractivity contribution in [3.05, 3.63) is 71.0 Å². The summed E-state index contributed by atoms with van der Waals surface area (Å²) in [4.78, 5) is 37.0. The molecular formula is C23H22F3N5O4. The molecule has 0 aliphatic carbocycles. The molecule has 0 fully saturated rings. The van der Waals surface area contributed by atoms with Gasteiger partial charge in [0.05, 0.1) is 41.9 Å². The first-order valence-corrected chi connectivity index (χ1v) is 10.3. The summed E-state index contributed by atoms with van der Waals surface area (Å²) in [6.07, 6.45) is -4.55. The molecule has 9 nitrogen and oxygen atoms in total. The molecule has 3 aromatic rings. The fourth-order valence-electron chi connectivity index (χ4n) is 3.27. The Kier molecular flexibility index (Phi) is 7.43. The van der Waals surface area contributed by atoms with Gasteiger partial charge < -0.3 is 10.1 Å². The zero-order chi connectivity index (χ0) is 25.8. The van der Waals surface area contributed by atoms with Crippen LogP contribution in [0.5, 0.6) is 5.75 Å². The van der Waals surface area contributed by atoms with Crippen molar-refractivity contribution >= 4 is 23.3 Å². The van der Waals surface area contributed by atoms with Crippen molar-refractivity contribution in [1.82, 2.24) is 20.6 Å². The second-order valence-electron chi connectivity index (χ2n) is 7.42. The van der Waals surface area contributed by atoms with E-state index in [2.05, 4.69) is 15.8 Å². The van der Waals surface area contributed by atoms with Crippen LogP contribution in [0, 0.1) is 13.8 Å². The Balaban J connectivity index is 1.64. The van der Waals surface area contributed by atoms with Gasteiger partial charge in [-0.1, -0.05) is 6.07 Å². The Hall–Kier alpha value is -4.35. The summed E-state index contributed by atoms with van der Waals surface area (Å²) in [6.45, 7) is 2.72. The predicted octanol–water partition coefficient (Wildman–Crippen LogP) is 2.96. The Morgan fingerprint density at radius 1 is 1.03 bits per heavy atom. The summed E-state index contributed by atoms with van der Waals surface area (Å²) in [5.74, 6) is -2.10. The van der Waals surface area contributed by atoms with Crippen molar-refractivity contribution in [2.75, 3.05) is 19.0 Å². The lowest BCUT2D eigenvalue weighted by Gasteiger charge is -2.10. The van der Waals surface area contributed by atoms with Gasteiger partial charge in [0.25, 0.3) is 11.7 Å². The number of Topliss-reactive ketones (excluding diaryl/α,β-unsaturated/α-hetero) is 1. The number of carbonyl (C=O) groups is 3. The molecule has 3 N–H and O–H groups in total. The molecular weight excluding hydrogens is 467 g/mol. The van der Waals surface area contributed by atoms with Crippen LogP contribution in [-0.2, 0) is 15.8 Å². The van der Waals surface area contributed by atoms with Crippen LogP contribution in [0.25, 0.3) is 5.69 Å². The molecule has 0 saturated heterocycles. The Morgan fingerprint density at radius 2 is 1.71 bits per heavy atom. The van der Waals surface area contributed by atoms with E-state index < -0.39 is 29.3 Å². The average molecular weight is 489 g/mol. The molecule has 0 unspecified atom stereocenters. The van der Waals surface area contributed by atoms with Gasteiger partial charge in [-0.3, -0.25) is 25.2 Å². The minimum Gasteiger partial charge on any atom is -0.497 e. The third-order valence-corrected chi connectivity index (χ3v) is 5.00. The Bertz CT molecular complexity index is 1250. The fraction of sp³-hybridized carbons (Fsp3) is 0.217. The number of nitrogens with zero attached hydrogens (tertiary/aromatic N) is 2. The smallest absolute Gasteiger partial charge is 0.416 e. The van der Waals surface area contributed by atoms with E-state index >= 15 is 0 Å². The molecule has 0 bridgehead atoms. The van der Waals surface area contributed by atoms with Crippen LogP contribution in [0.4, 0.5) is 18.9 Å². The predicted molar refractivity (Wildman–Crippen MR) is 120 cm³/mol. The van der Waals surface area contributed by atoms with Crippen LogP contribution in [0.15, 0.2) is 48.5 Å². The zero-order valence-corrected chi connectivity index (χ0v) is 19.0. The molecule has 0 spiro atoms. The highest BCUT2D eigenvalue weighted by atomic mass is 19.4. The molecule has 1 heterocycles. The van der Waals surface area contributed by atoms with E-state index in [1.54, 1.807) is 24.3 Å². The second kappa shape index (κ2) is 10.3. The molecule has 2 aromatic carbocycles. The lowest BCUT2D eigenvalue weighted by atomic mass is 10.1. The monoisotopic (exact) mass is 489 g/mol. The number of hydrazine groups is 1. The van der Waals surface area contributed by atoms with Gasteiger partial charge in [-0.05, 0) is 56.3 Å². The third kappa shape index (κ3) is 5.96. The van der Waals surface area contributed by atoms with Gasteiger partial charge in [-0.25, -0.2) is 4.68 Å². The summed E-state index contributed by atoms with van der Waals surface area (Å²) < 4.78 is 45.4. The number of rotatable bonds is 7. The molecule has 184 valence electrons. The van der Waals surface area contributed by atoms with E-state index in [0.29, 0.717) is 11.4 Å². The highest BCUT2D eigenvalue weighted by Crippen LogP contribution is 2.31. The van der Waals surface area contributed by atoms with Crippen molar-refractivity contribution in [2.45, 2.75) is 20.0 Å². The molecule has 0 aliphatic heterocycles. The van der Waals surface area contributed by atoms with Gasteiger partial charge in [0.15, 0.2) is 0 Å². The van der Waals surface area contributed by atoms with Crippen LogP contribution < -0.4 is 20.9 Å². The van der Waals surface area contributed by atoms with Gasteiger partial charge in [0, 0.05) is 5.69 Å². The number of ether oxygens (including phenoxy) is 1. The number of methoxy groups -OCH3 is 1. The van der Waals surface area contributed by atoms with Crippen molar-refractivity contribution in [3.63, 3.8) is 0 Å². The zero-order valence-electron chi connectivity index (χ0n) is 19.0. The number of hydrogen-bond donors (Lipinski definition) is 3. The van der Waals surface area contributed by atoms with E-state index in [-0.39, 0.29) is 29.2 Å². The largest absolute Gasteiger partial charge is 0.497 e. The van der Waals surface area contributed by atoms with Crippen molar-refractivity contribution < 1.29 is 32.3 Å². The normalized spacial score (nSPS) is 11.0. The number of aromatic nitrogens is 2. The Morgan fingerprint density at radius 3 is 2.34 bits per heavy atom. The standard InChI is InChI=1S/C23H22F3N5O4/c1-13-20(14(2)31(30-13)17-6-4-5-15(11-17)23(24,25)26)21(33)22(34)29-28-19(32)12-27-16-7-9-18(35-3)10-8-16/h4-11,27H,12H2,1-3H3,(H,28,32)(H,29,34). The van der Waals surface area contributed by atoms with E-state index in [0.717, 1.165) is 16.8 Å². The number of hydrogen-bond acceptors (Lipinski definition) is 6. The van der Waals surface area contributed by atoms with Gasteiger partial charge >= 0.3 is 12.1 Å². The first kappa shape index (κ1) is 25.3. The SMILES string of the molecule is COc1ccc(NCC(=O)NNC(=O)C(=O)c2c(C)nn(-c3cccc(C(F)(F)F)c3)c2C)cc1. The lowest BCUT2D eigenvalue weighted by Crippen LogP contribution is -2.47. The maximum Gasteiger partial charge on any atom is 0.416 e. The summed E-state index contributed by atoms with van der Waals surface area (Å²) in [7, 11) is 1.53. The number of nitrogens with one attached hydrogen (secondary N) is 3. The number of benzene rings is 2. The van der Waals surface area contributed by atoms with Crippen LogP contribution in [0.1, 0.15) is 27.3 Å². The van der Waals surface area contributed by atoms with E-state index in [1.807, 2.05) is 5.43 Å². The Labute approximate surface area is 198 Å². The van der Waals surface area contributed by atoms with Crippen molar-refractivity contribution in [2.24, 2.45) is 0 Å². The first-order chi connectivity index (χ1) is 16.5. The van der Waals surface area contributed by atoms with Crippen LogP contribution in [0.2, 0.25) is 0 Å². The summed E-state index contributed by atoms with van der Waals surface area (Å²) in [5, 5.41) is 6.96. The molecule has 0 aliphatic rings. The van der Waals surface area contributed by atoms with E-state index in [9.17, 15) is 27.6 Å². The molecule has 1 aromatic heterocycles. The average Bonchev–Trinajstić information content (AvgIpc) is 3.14. The summed E-state index contributed by atoms with van der Waals surface area (Å²) in [5.41, 5.74) is 4.25. The topological polar surface area (TPSA) is 114 Å². The molecule has 0 atom stereocenters. The van der Waals surface area contributed by atoms with Crippen LogP contribution in [0.3, 0.4) is 0 Å². The highest BCUT2D eigenvalue weighted by molar-refractivity contribution is 6.43. The maximum absolute atomic E-state index is 13.1. The quantitative estimate of drug-likeness (QED) is 0.267. The number of alkyl halides is 3. The molecule has 35 heavy (non-hydrogen) atoms. The number of anilines is 1. The van der Waals surface area contributed by atoms with Gasteiger partial charge in [-0.2, -0.15) is 18.3 Å². The third-order valence-electron chi connectivity index (χ3n) is 5.00. The number of amides is 2. The maximum atomic E-state index is 13.1. The number of halogens is 3. The molecule has 0 saturated carbocycles. The van der Waals surface area contributed by atoms with Gasteiger partial charge in [-0.15, -0.1) is 0 Å². The molecule has 0 radical (unpaired) electrons. The van der Waals surface area contributed by atoms with E-state index in [4.69, 9.17) is 4.74 Å². The lowest BCUT2D eigenvalue weighted by molar-refractivity contribution is -0.137. The highest BCUT2D eigenvalue weighted by Gasteiger charge is 2.31. The minimum atomic E-state index is -4.55. The van der Waals surface area contributed by atoms with Crippen LogP contribution in [-0.4, -0.2) is 41.0 Å². The summed E-state index contributed by atoms with van der Waals surface area (Å²) in [6, 6.07) is 11.2. The molecule has 3 rings (SSSR count). The fourth-order valence-corrected chi connectivity index (χ4v) is 3.27. The molecule has 12 heteroatoms. The van der Waals surface area contributed by atoms with E-state index in [1.165, 1.54) is 33.1 Å². The molecule has 2 amide bonds. The first-order valence-electron chi connectivity index (χ1n) is 10.3. The number of aryl methyl sites for hydroxylation is 1. The van der Waals surface area contributed by atoms with Crippen LogP contribution >= 0.6 is 0 Å². The van der Waals surface area contributed by atoms with Gasteiger partial charge in [0.1, 0.15) is 5.75 Å². The van der Waals surface area contributed by atoms with Gasteiger partial charge in [0.2, 0.25) is 0 Å².